The van der Waals surface area contributed by atoms with E-state index in [1.807, 2.05) is 0 Å². The fraction of sp³-hybridized carbons (Fsp3) is 0.471. The van der Waals surface area contributed by atoms with Gasteiger partial charge in [-0.1, -0.05) is 11.6 Å². The smallest absolute Gasteiger partial charge is 0.225 e. The summed E-state index contributed by atoms with van der Waals surface area (Å²) in [6, 6.07) is 5.35. The van der Waals surface area contributed by atoms with Gasteiger partial charge in [0.2, 0.25) is 5.91 Å². The Hall–Kier alpha value is -2.12. The highest BCUT2D eigenvalue weighted by Gasteiger charge is 2.24. The minimum Gasteiger partial charge on any atom is -0.494 e. The number of rotatable bonds is 5. The maximum absolute atomic E-state index is 11.3. The van der Waals surface area contributed by atoms with Crippen LogP contribution in [0.2, 0.25) is 5.02 Å². The van der Waals surface area contributed by atoms with E-state index in [4.69, 9.17) is 22.1 Å². The first-order valence-corrected chi connectivity index (χ1v) is 8.75. The van der Waals surface area contributed by atoms with E-state index in [-0.39, 0.29) is 12.3 Å². The Labute approximate surface area is 151 Å². The SMILES string of the molecule is COc1ccc(Cl)cc1-n1nc(CC(N)=O)nc1C1CCCNCC1. The summed E-state index contributed by atoms with van der Waals surface area (Å²) in [7, 11) is 1.60. The zero-order chi connectivity index (χ0) is 17.8. The lowest BCUT2D eigenvalue weighted by Crippen LogP contribution is -2.15. The normalized spacial score (nSPS) is 17.9. The number of primary amides is 1. The van der Waals surface area contributed by atoms with Gasteiger partial charge in [-0.05, 0) is 50.6 Å². The molecule has 1 aromatic carbocycles. The Balaban J connectivity index is 2.08. The van der Waals surface area contributed by atoms with Gasteiger partial charge in [0.15, 0.2) is 5.82 Å². The molecule has 0 saturated carbocycles. The van der Waals surface area contributed by atoms with Crippen molar-refractivity contribution in [2.24, 2.45) is 5.73 Å². The van der Waals surface area contributed by atoms with Crippen LogP contribution in [-0.4, -0.2) is 40.9 Å². The molecule has 3 N–H and O–H groups in total. The lowest BCUT2D eigenvalue weighted by molar-refractivity contribution is -0.117. The molecule has 1 atom stereocenters. The number of amides is 1. The minimum atomic E-state index is -0.454. The summed E-state index contributed by atoms with van der Waals surface area (Å²) in [5.74, 6) is 1.67. The summed E-state index contributed by atoms with van der Waals surface area (Å²) >= 11 is 6.18. The van der Waals surface area contributed by atoms with Crippen LogP contribution < -0.4 is 15.8 Å². The van der Waals surface area contributed by atoms with Crippen molar-refractivity contribution in [3.05, 3.63) is 34.9 Å². The number of ether oxygens (including phenoxy) is 1. The summed E-state index contributed by atoms with van der Waals surface area (Å²) in [6.45, 7) is 1.93. The summed E-state index contributed by atoms with van der Waals surface area (Å²) in [5, 5.41) is 8.50. The van der Waals surface area contributed by atoms with Gasteiger partial charge in [-0.3, -0.25) is 4.79 Å². The summed E-state index contributed by atoms with van der Waals surface area (Å²) in [6.07, 6.45) is 3.03. The first-order chi connectivity index (χ1) is 12.1. The predicted molar refractivity (Wildman–Crippen MR) is 95.3 cm³/mol. The molecular weight excluding hydrogens is 342 g/mol. The average Bonchev–Trinajstić information content (AvgIpc) is 2.80. The van der Waals surface area contributed by atoms with Crippen LogP contribution >= 0.6 is 11.6 Å². The van der Waals surface area contributed by atoms with E-state index in [0.717, 1.165) is 38.2 Å². The molecule has 1 unspecified atom stereocenters. The Morgan fingerprint density at radius 1 is 1.44 bits per heavy atom. The van der Waals surface area contributed by atoms with E-state index in [0.29, 0.717) is 22.3 Å². The van der Waals surface area contributed by atoms with Gasteiger partial charge >= 0.3 is 0 Å². The van der Waals surface area contributed by atoms with E-state index in [2.05, 4.69) is 15.4 Å². The number of nitrogens with two attached hydrogens (primary N) is 1. The maximum atomic E-state index is 11.3. The van der Waals surface area contributed by atoms with Crippen molar-refractivity contribution in [2.45, 2.75) is 31.6 Å². The van der Waals surface area contributed by atoms with Crippen molar-refractivity contribution in [3.63, 3.8) is 0 Å². The van der Waals surface area contributed by atoms with E-state index in [9.17, 15) is 4.79 Å². The molecule has 0 radical (unpaired) electrons. The molecular formula is C17H22ClN5O2. The average molecular weight is 364 g/mol. The van der Waals surface area contributed by atoms with E-state index < -0.39 is 5.91 Å². The quantitative estimate of drug-likeness (QED) is 0.844. The Morgan fingerprint density at radius 2 is 2.28 bits per heavy atom. The van der Waals surface area contributed by atoms with Crippen molar-refractivity contribution in [1.29, 1.82) is 0 Å². The van der Waals surface area contributed by atoms with Crippen molar-refractivity contribution in [1.82, 2.24) is 20.1 Å². The van der Waals surface area contributed by atoms with Gasteiger partial charge < -0.3 is 15.8 Å². The Kier molecular flexibility index (Phi) is 5.55. The van der Waals surface area contributed by atoms with Gasteiger partial charge in [0, 0.05) is 10.9 Å². The first kappa shape index (κ1) is 17.7. The monoisotopic (exact) mass is 363 g/mol. The number of nitrogens with zero attached hydrogens (tertiary/aromatic N) is 3. The molecule has 7 nitrogen and oxygen atoms in total. The van der Waals surface area contributed by atoms with Crippen LogP contribution in [0.5, 0.6) is 5.75 Å². The number of aromatic nitrogens is 3. The zero-order valence-corrected chi connectivity index (χ0v) is 14.9. The fourth-order valence-electron chi connectivity index (χ4n) is 3.15. The predicted octanol–water partition coefficient (Wildman–Crippen LogP) is 1.81. The van der Waals surface area contributed by atoms with Gasteiger partial charge in [0.05, 0.1) is 13.5 Å². The zero-order valence-electron chi connectivity index (χ0n) is 14.2. The summed E-state index contributed by atoms with van der Waals surface area (Å²) < 4.78 is 7.21. The van der Waals surface area contributed by atoms with Gasteiger partial charge in [0.1, 0.15) is 17.3 Å². The third-order valence-electron chi connectivity index (χ3n) is 4.32. The number of hydrogen-bond acceptors (Lipinski definition) is 5. The highest BCUT2D eigenvalue weighted by atomic mass is 35.5. The molecule has 0 aliphatic carbocycles. The van der Waals surface area contributed by atoms with Crippen molar-refractivity contribution < 1.29 is 9.53 Å². The molecule has 1 fully saturated rings. The van der Waals surface area contributed by atoms with Crippen LogP contribution in [0.15, 0.2) is 18.2 Å². The van der Waals surface area contributed by atoms with Crippen LogP contribution in [-0.2, 0) is 11.2 Å². The molecule has 8 heteroatoms. The van der Waals surface area contributed by atoms with E-state index in [1.54, 1.807) is 30.0 Å². The molecule has 3 rings (SSSR count). The summed E-state index contributed by atoms with van der Waals surface area (Å²) in [4.78, 5) is 15.9. The number of methoxy groups -OCH3 is 1. The Morgan fingerprint density at radius 3 is 3.04 bits per heavy atom. The van der Waals surface area contributed by atoms with Crippen LogP contribution in [0.25, 0.3) is 5.69 Å². The number of hydrogen-bond donors (Lipinski definition) is 2. The lowest BCUT2D eigenvalue weighted by atomic mass is 9.99. The van der Waals surface area contributed by atoms with Crippen molar-refractivity contribution in [2.75, 3.05) is 20.2 Å². The Bertz CT molecular complexity index is 753. The number of carbonyl (C=O) groups excluding carboxylic acids is 1. The molecule has 0 spiro atoms. The number of benzene rings is 1. The summed E-state index contributed by atoms with van der Waals surface area (Å²) in [5.41, 5.74) is 6.04. The minimum absolute atomic E-state index is 0.00779. The third kappa shape index (κ3) is 4.11. The van der Waals surface area contributed by atoms with Crippen LogP contribution in [0.1, 0.15) is 36.8 Å². The first-order valence-electron chi connectivity index (χ1n) is 8.37. The number of carbonyl (C=O) groups is 1. The molecule has 134 valence electrons. The molecule has 1 aliphatic heterocycles. The topological polar surface area (TPSA) is 95.1 Å². The second-order valence-corrected chi connectivity index (χ2v) is 6.57. The van der Waals surface area contributed by atoms with E-state index in [1.165, 1.54) is 0 Å². The van der Waals surface area contributed by atoms with Gasteiger partial charge in [-0.25, -0.2) is 9.67 Å². The highest BCUT2D eigenvalue weighted by Crippen LogP contribution is 2.31. The van der Waals surface area contributed by atoms with E-state index >= 15 is 0 Å². The molecule has 1 saturated heterocycles. The van der Waals surface area contributed by atoms with Gasteiger partial charge in [0.25, 0.3) is 0 Å². The van der Waals surface area contributed by atoms with Crippen LogP contribution in [0.4, 0.5) is 0 Å². The highest BCUT2D eigenvalue weighted by molar-refractivity contribution is 6.30. The molecule has 1 aromatic heterocycles. The second-order valence-electron chi connectivity index (χ2n) is 6.14. The molecule has 1 aliphatic rings. The van der Waals surface area contributed by atoms with Crippen LogP contribution in [0.3, 0.4) is 0 Å². The fourth-order valence-corrected chi connectivity index (χ4v) is 3.31. The third-order valence-corrected chi connectivity index (χ3v) is 4.55. The van der Waals surface area contributed by atoms with Crippen LogP contribution in [0, 0.1) is 0 Å². The number of nitrogens with one attached hydrogen (secondary N) is 1. The number of halogens is 1. The van der Waals surface area contributed by atoms with Crippen molar-refractivity contribution >= 4 is 17.5 Å². The van der Waals surface area contributed by atoms with Gasteiger partial charge in [-0.15, -0.1) is 0 Å². The molecule has 2 heterocycles. The molecule has 2 aromatic rings. The molecule has 1 amide bonds. The maximum Gasteiger partial charge on any atom is 0.225 e. The molecule has 0 bridgehead atoms. The lowest BCUT2D eigenvalue weighted by Gasteiger charge is -2.16. The largest absolute Gasteiger partial charge is 0.494 e. The van der Waals surface area contributed by atoms with Crippen molar-refractivity contribution in [3.8, 4) is 11.4 Å². The second kappa shape index (κ2) is 7.84. The van der Waals surface area contributed by atoms with Gasteiger partial charge in [-0.2, -0.15) is 5.10 Å². The standard InChI is InChI=1S/C17H22ClN5O2/c1-25-14-5-4-12(18)9-13(14)23-17(11-3-2-7-20-8-6-11)21-16(22-23)10-15(19)24/h4-5,9,11,20H,2-3,6-8,10H2,1H3,(H2,19,24). The molecule has 25 heavy (non-hydrogen) atoms.